The van der Waals surface area contributed by atoms with Crippen LogP contribution in [0.5, 0.6) is 5.75 Å². The molecule has 0 saturated carbocycles. The Kier molecular flexibility index (Phi) is 6.55. The number of hydrogen-bond acceptors (Lipinski definition) is 6. The molecule has 5 rings (SSSR count). The quantitative estimate of drug-likeness (QED) is 0.419. The molecule has 0 amide bonds. The first-order chi connectivity index (χ1) is 16.2. The second-order valence-electron chi connectivity index (χ2n) is 8.01. The molecular formula is C25H25ClN4O3. The van der Waals surface area contributed by atoms with E-state index in [1.165, 1.54) is 6.33 Å². The van der Waals surface area contributed by atoms with Crippen molar-refractivity contribution in [2.75, 3.05) is 39.5 Å². The van der Waals surface area contributed by atoms with Gasteiger partial charge in [-0.1, -0.05) is 41.9 Å². The normalized spacial score (nSPS) is 15.6. The summed E-state index contributed by atoms with van der Waals surface area (Å²) < 4.78 is 13.2. The van der Waals surface area contributed by atoms with E-state index in [2.05, 4.69) is 14.9 Å². The standard InChI is InChI=1S/C25H25ClN4O3/c26-24-23-22(15-30(25(23)28-17-27-24)19-4-2-1-3-5-19)18-6-8-21(9-7-18)33-16-20(31)14-29-10-12-32-13-11-29/h1-9,15,17,20,31H,10-14,16H2. The number of benzene rings is 2. The number of fused-ring (bicyclic) bond motifs is 1. The number of β-amino-alcohol motifs (C(OH)–C–C–N with tert-alkyl or cyclic N) is 1. The first-order valence-corrected chi connectivity index (χ1v) is 11.4. The minimum absolute atomic E-state index is 0.240. The van der Waals surface area contributed by atoms with Gasteiger partial charge in [-0.15, -0.1) is 0 Å². The Balaban J connectivity index is 1.34. The number of halogens is 1. The van der Waals surface area contributed by atoms with E-state index >= 15 is 0 Å². The van der Waals surface area contributed by atoms with E-state index in [4.69, 9.17) is 21.1 Å². The lowest BCUT2D eigenvalue weighted by Gasteiger charge is -2.28. The Morgan fingerprint density at radius 3 is 2.55 bits per heavy atom. The van der Waals surface area contributed by atoms with Crippen molar-refractivity contribution in [3.63, 3.8) is 0 Å². The number of aromatic nitrogens is 3. The number of morpholine rings is 1. The summed E-state index contributed by atoms with van der Waals surface area (Å²) in [5.41, 5.74) is 3.67. The molecule has 0 bridgehead atoms. The molecule has 1 N–H and O–H groups in total. The van der Waals surface area contributed by atoms with Gasteiger partial charge in [-0.3, -0.25) is 4.90 Å². The van der Waals surface area contributed by atoms with Gasteiger partial charge in [0, 0.05) is 37.1 Å². The van der Waals surface area contributed by atoms with Gasteiger partial charge in [0.15, 0.2) is 0 Å². The highest BCUT2D eigenvalue weighted by Crippen LogP contribution is 2.35. The Bertz CT molecular complexity index is 1210. The minimum Gasteiger partial charge on any atom is -0.491 e. The van der Waals surface area contributed by atoms with Crippen LogP contribution in [0.2, 0.25) is 5.15 Å². The van der Waals surface area contributed by atoms with Gasteiger partial charge >= 0.3 is 0 Å². The molecule has 1 unspecified atom stereocenters. The van der Waals surface area contributed by atoms with Crippen LogP contribution < -0.4 is 4.74 Å². The SMILES string of the molecule is OC(COc1ccc(-c2cn(-c3ccccc3)c3ncnc(Cl)c23)cc1)CN1CCOCC1. The Morgan fingerprint density at radius 1 is 1.03 bits per heavy atom. The highest BCUT2D eigenvalue weighted by atomic mass is 35.5. The highest BCUT2D eigenvalue weighted by molar-refractivity contribution is 6.35. The molecule has 1 aliphatic rings. The second-order valence-corrected chi connectivity index (χ2v) is 8.37. The predicted molar refractivity (Wildman–Crippen MR) is 128 cm³/mol. The average Bonchev–Trinajstić information content (AvgIpc) is 3.25. The summed E-state index contributed by atoms with van der Waals surface area (Å²) in [5.74, 6) is 0.703. The lowest BCUT2D eigenvalue weighted by Crippen LogP contribution is -2.42. The van der Waals surface area contributed by atoms with Gasteiger partial charge in [-0.2, -0.15) is 0 Å². The van der Waals surface area contributed by atoms with Crippen LogP contribution in [0.1, 0.15) is 0 Å². The van der Waals surface area contributed by atoms with E-state index in [0.29, 0.717) is 30.7 Å². The van der Waals surface area contributed by atoms with E-state index in [0.717, 1.165) is 40.9 Å². The van der Waals surface area contributed by atoms with Crippen LogP contribution in [-0.4, -0.2) is 70.1 Å². The Morgan fingerprint density at radius 2 is 1.79 bits per heavy atom. The van der Waals surface area contributed by atoms with Crippen molar-refractivity contribution in [3.8, 4) is 22.6 Å². The fourth-order valence-corrected chi connectivity index (χ4v) is 4.32. The second kappa shape index (κ2) is 9.89. The molecule has 4 aromatic rings. The van der Waals surface area contributed by atoms with Crippen LogP contribution in [0.4, 0.5) is 0 Å². The molecule has 1 aliphatic heterocycles. The van der Waals surface area contributed by atoms with Crippen molar-refractivity contribution < 1.29 is 14.6 Å². The van der Waals surface area contributed by atoms with Crippen molar-refractivity contribution in [2.45, 2.75) is 6.10 Å². The molecule has 1 saturated heterocycles. The maximum Gasteiger partial charge on any atom is 0.150 e. The van der Waals surface area contributed by atoms with Gasteiger partial charge < -0.3 is 19.1 Å². The lowest BCUT2D eigenvalue weighted by atomic mass is 10.1. The van der Waals surface area contributed by atoms with E-state index < -0.39 is 6.10 Å². The number of rotatable bonds is 7. The monoisotopic (exact) mass is 464 g/mol. The average molecular weight is 465 g/mol. The summed E-state index contributed by atoms with van der Waals surface area (Å²) in [6.07, 6.45) is 2.96. The molecule has 0 radical (unpaired) electrons. The summed E-state index contributed by atoms with van der Waals surface area (Å²) >= 11 is 6.48. The number of nitrogens with zero attached hydrogens (tertiary/aromatic N) is 4. The van der Waals surface area contributed by atoms with Crippen molar-refractivity contribution in [1.29, 1.82) is 0 Å². The van der Waals surface area contributed by atoms with Gasteiger partial charge in [-0.25, -0.2) is 9.97 Å². The first kappa shape index (κ1) is 21.9. The molecular weight excluding hydrogens is 440 g/mol. The minimum atomic E-state index is -0.553. The number of hydrogen-bond donors (Lipinski definition) is 1. The predicted octanol–water partition coefficient (Wildman–Crippen LogP) is 3.81. The maximum absolute atomic E-state index is 10.3. The zero-order valence-electron chi connectivity index (χ0n) is 18.1. The third kappa shape index (κ3) is 4.86. The number of ether oxygens (including phenoxy) is 2. The molecule has 1 atom stereocenters. The van der Waals surface area contributed by atoms with E-state index in [1.54, 1.807) is 0 Å². The zero-order valence-corrected chi connectivity index (χ0v) is 18.9. The Hall–Kier alpha value is -2.97. The number of aliphatic hydroxyl groups is 1. The number of aliphatic hydroxyl groups excluding tert-OH is 1. The third-order valence-electron chi connectivity index (χ3n) is 5.75. The van der Waals surface area contributed by atoms with Crippen LogP contribution in [0.3, 0.4) is 0 Å². The van der Waals surface area contributed by atoms with Gasteiger partial charge in [-0.05, 0) is 29.8 Å². The Labute approximate surface area is 197 Å². The molecule has 2 aromatic carbocycles. The highest BCUT2D eigenvalue weighted by Gasteiger charge is 2.17. The fourth-order valence-electron chi connectivity index (χ4n) is 4.09. The van der Waals surface area contributed by atoms with Gasteiger partial charge in [0.1, 0.15) is 35.6 Å². The van der Waals surface area contributed by atoms with Gasteiger partial charge in [0.05, 0.1) is 18.6 Å². The van der Waals surface area contributed by atoms with Crippen molar-refractivity contribution >= 4 is 22.6 Å². The van der Waals surface area contributed by atoms with Crippen LogP contribution in [-0.2, 0) is 4.74 Å². The zero-order chi connectivity index (χ0) is 22.6. The van der Waals surface area contributed by atoms with E-state index in [9.17, 15) is 5.11 Å². The smallest absolute Gasteiger partial charge is 0.150 e. The van der Waals surface area contributed by atoms with Gasteiger partial charge in [0.25, 0.3) is 0 Å². The molecule has 0 spiro atoms. The summed E-state index contributed by atoms with van der Waals surface area (Å²) in [6, 6.07) is 17.8. The summed E-state index contributed by atoms with van der Waals surface area (Å²) in [5, 5.41) is 11.5. The van der Waals surface area contributed by atoms with Crippen molar-refractivity contribution in [2.24, 2.45) is 0 Å². The van der Waals surface area contributed by atoms with Crippen LogP contribution in [0.25, 0.3) is 27.8 Å². The van der Waals surface area contributed by atoms with Crippen LogP contribution >= 0.6 is 11.6 Å². The molecule has 1 fully saturated rings. The maximum atomic E-state index is 10.3. The van der Waals surface area contributed by atoms with E-state index in [1.807, 2.05) is 65.4 Å². The molecule has 33 heavy (non-hydrogen) atoms. The number of para-hydroxylation sites is 1. The van der Waals surface area contributed by atoms with Crippen LogP contribution in [0.15, 0.2) is 67.1 Å². The van der Waals surface area contributed by atoms with Crippen molar-refractivity contribution in [1.82, 2.24) is 19.4 Å². The van der Waals surface area contributed by atoms with Crippen molar-refractivity contribution in [3.05, 3.63) is 72.3 Å². The molecule has 3 heterocycles. The largest absolute Gasteiger partial charge is 0.491 e. The molecule has 8 heteroatoms. The summed E-state index contributed by atoms with van der Waals surface area (Å²) in [7, 11) is 0. The first-order valence-electron chi connectivity index (χ1n) is 11.0. The summed E-state index contributed by atoms with van der Waals surface area (Å²) in [4.78, 5) is 10.9. The van der Waals surface area contributed by atoms with Gasteiger partial charge in [0.2, 0.25) is 0 Å². The lowest BCUT2D eigenvalue weighted by molar-refractivity contribution is 0.00466. The topological polar surface area (TPSA) is 72.6 Å². The molecule has 7 nitrogen and oxygen atoms in total. The molecule has 2 aromatic heterocycles. The molecule has 170 valence electrons. The fraction of sp³-hybridized carbons (Fsp3) is 0.280. The molecule has 0 aliphatic carbocycles. The summed E-state index contributed by atoms with van der Waals surface area (Å²) in [6.45, 7) is 3.93. The van der Waals surface area contributed by atoms with Crippen LogP contribution in [0, 0.1) is 0 Å². The third-order valence-corrected chi connectivity index (χ3v) is 6.04. The van der Waals surface area contributed by atoms with E-state index in [-0.39, 0.29) is 6.61 Å².